The number of hydrogen-bond acceptors (Lipinski definition) is 7. The number of benzene rings is 1. The second-order valence-corrected chi connectivity index (χ2v) is 6.57. The van der Waals surface area contributed by atoms with Crippen LogP contribution < -0.4 is 0 Å². The molecule has 0 radical (unpaired) electrons. The predicted molar refractivity (Wildman–Crippen MR) is 90.6 cm³/mol. The first kappa shape index (κ1) is 17.3. The van der Waals surface area contributed by atoms with E-state index in [0.717, 1.165) is 5.56 Å². The Kier molecular flexibility index (Phi) is 5.22. The Morgan fingerprint density at radius 2 is 2.08 bits per heavy atom. The van der Waals surface area contributed by atoms with Crippen LogP contribution in [-0.4, -0.2) is 42.8 Å². The van der Waals surface area contributed by atoms with Crippen molar-refractivity contribution in [2.24, 2.45) is 0 Å². The van der Waals surface area contributed by atoms with Crippen LogP contribution in [0.15, 0.2) is 35.6 Å². The number of esters is 1. The summed E-state index contributed by atoms with van der Waals surface area (Å²) >= 11 is 1.25. The molecular formula is C16H16FN5O2S. The summed E-state index contributed by atoms with van der Waals surface area (Å²) in [5.41, 5.74) is 1.95. The minimum Gasteiger partial charge on any atom is -0.465 e. The van der Waals surface area contributed by atoms with E-state index in [2.05, 4.69) is 20.3 Å². The van der Waals surface area contributed by atoms with Crippen LogP contribution in [0.2, 0.25) is 0 Å². The Morgan fingerprint density at radius 1 is 1.32 bits per heavy atom. The Hall–Kier alpha value is -2.55. The van der Waals surface area contributed by atoms with Gasteiger partial charge in [-0.25, -0.2) is 19.0 Å². The largest absolute Gasteiger partial charge is 0.465 e. The molecule has 0 spiro atoms. The third-order valence-corrected chi connectivity index (χ3v) is 4.49. The molecule has 9 heteroatoms. The topological polar surface area (TPSA) is 82.8 Å². The smallest absolute Gasteiger partial charge is 0.319 e. The highest BCUT2D eigenvalue weighted by Gasteiger charge is 2.20. The van der Waals surface area contributed by atoms with Crippen LogP contribution in [0, 0.1) is 5.82 Å². The van der Waals surface area contributed by atoms with Crippen LogP contribution in [-0.2, 0) is 16.1 Å². The molecule has 1 aromatic carbocycles. The van der Waals surface area contributed by atoms with Crippen molar-refractivity contribution in [3.05, 3.63) is 42.0 Å². The highest BCUT2D eigenvalue weighted by atomic mass is 32.2. The lowest BCUT2D eigenvalue weighted by atomic mass is 10.2. The number of fused-ring (bicyclic) bond motifs is 1. The van der Waals surface area contributed by atoms with Crippen molar-refractivity contribution in [3.8, 4) is 0 Å². The van der Waals surface area contributed by atoms with Gasteiger partial charge in [0.25, 0.3) is 0 Å². The highest BCUT2D eigenvalue weighted by Crippen LogP contribution is 2.27. The van der Waals surface area contributed by atoms with Crippen molar-refractivity contribution in [3.63, 3.8) is 0 Å². The molecule has 1 atom stereocenters. The van der Waals surface area contributed by atoms with Crippen LogP contribution >= 0.6 is 11.8 Å². The van der Waals surface area contributed by atoms with E-state index in [0.29, 0.717) is 29.3 Å². The summed E-state index contributed by atoms with van der Waals surface area (Å²) in [5.74, 6) is -0.598. The normalized spacial score (nSPS) is 12.3. The van der Waals surface area contributed by atoms with E-state index in [1.807, 2.05) is 0 Å². The highest BCUT2D eigenvalue weighted by molar-refractivity contribution is 8.00. The van der Waals surface area contributed by atoms with Gasteiger partial charge in [-0.3, -0.25) is 4.79 Å². The van der Waals surface area contributed by atoms with E-state index in [-0.39, 0.29) is 11.8 Å². The number of halogens is 1. The summed E-state index contributed by atoms with van der Waals surface area (Å²) in [6.45, 7) is 4.25. The lowest BCUT2D eigenvalue weighted by Gasteiger charge is -2.09. The number of carbonyl (C=O) groups is 1. The lowest BCUT2D eigenvalue weighted by Crippen LogP contribution is -2.16. The van der Waals surface area contributed by atoms with Crippen molar-refractivity contribution in [2.45, 2.75) is 30.7 Å². The Labute approximate surface area is 147 Å². The van der Waals surface area contributed by atoms with Gasteiger partial charge in [0.15, 0.2) is 11.2 Å². The van der Waals surface area contributed by atoms with Crippen LogP contribution in [0.5, 0.6) is 0 Å². The second-order valence-electron chi connectivity index (χ2n) is 5.24. The lowest BCUT2D eigenvalue weighted by molar-refractivity contribution is -0.142. The van der Waals surface area contributed by atoms with Crippen molar-refractivity contribution in [2.75, 3.05) is 6.61 Å². The fraction of sp³-hybridized carbons (Fsp3) is 0.312. The van der Waals surface area contributed by atoms with Crippen molar-refractivity contribution in [1.29, 1.82) is 0 Å². The van der Waals surface area contributed by atoms with Crippen molar-refractivity contribution >= 4 is 28.9 Å². The molecule has 130 valence electrons. The van der Waals surface area contributed by atoms with Crippen LogP contribution in [0.25, 0.3) is 11.2 Å². The number of thioether (sulfide) groups is 1. The van der Waals surface area contributed by atoms with Crippen LogP contribution in [0.1, 0.15) is 19.4 Å². The van der Waals surface area contributed by atoms with Gasteiger partial charge >= 0.3 is 5.97 Å². The van der Waals surface area contributed by atoms with E-state index in [4.69, 9.17) is 4.74 Å². The van der Waals surface area contributed by atoms with Gasteiger partial charge in [0.05, 0.1) is 13.2 Å². The molecule has 1 unspecified atom stereocenters. The number of hydrogen-bond donors (Lipinski definition) is 0. The molecule has 3 aromatic rings. The van der Waals surface area contributed by atoms with Gasteiger partial charge in [-0.05, 0) is 31.5 Å². The number of aromatic nitrogens is 5. The quantitative estimate of drug-likeness (QED) is 0.379. The molecular weight excluding hydrogens is 345 g/mol. The molecule has 0 N–H and O–H groups in total. The molecule has 0 aliphatic carbocycles. The SMILES string of the molecule is CCOC(=O)C(C)Sc1ncnc2c1nnn2Cc1ccc(F)cc1. The molecule has 25 heavy (non-hydrogen) atoms. The zero-order chi connectivity index (χ0) is 17.8. The van der Waals surface area contributed by atoms with Crippen molar-refractivity contribution < 1.29 is 13.9 Å². The minimum absolute atomic E-state index is 0.291. The third kappa shape index (κ3) is 3.93. The van der Waals surface area contributed by atoms with E-state index in [1.165, 1.54) is 30.2 Å². The van der Waals surface area contributed by atoms with Gasteiger partial charge in [-0.2, -0.15) is 0 Å². The number of carbonyl (C=O) groups excluding carboxylic acids is 1. The Balaban J connectivity index is 1.84. The standard InChI is InChI=1S/C16H16FN5O2S/c1-3-24-16(23)10(2)25-15-13-14(18-9-19-15)22(21-20-13)8-11-4-6-12(17)7-5-11/h4-7,9-10H,3,8H2,1-2H3. The molecule has 3 rings (SSSR count). The van der Waals surface area contributed by atoms with Gasteiger partial charge in [0.2, 0.25) is 0 Å². The molecule has 0 amide bonds. The van der Waals surface area contributed by atoms with Gasteiger partial charge in [0, 0.05) is 0 Å². The summed E-state index contributed by atoms with van der Waals surface area (Å²) in [5, 5.41) is 8.38. The second kappa shape index (κ2) is 7.56. The van der Waals surface area contributed by atoms with E-state index >= 15 is 0 Å². The Bertz CT molecular complexity index is 884. The molecule has 0 aliphatic rings. The molecule has 0 fully saturated rings. The zero-order valence-electron chi connectivity index (χ0n) is 13.7. The monoisotopic (exact) mass is 361 g/mol. The summed E-state index contributed by atoms with van der Waals surface area (Å²) in [6, 6.07) is 6.16. The molecule has 0 aliphatic heterocycles. The number of ether oxygens (including phenoxy) is 1. The summed E-state index contributed by atoms with van der Waals surface area (Å²) in [4.78, 5) is 20.2. The first-order valence-electron chi connectivity index (χ1n) is 7.70. The van der Waals surface area contributed by atoms with Crippen LogP contribution in [0.3, 0.4) is 0 Å². The van der Waals surface area contributed by atoms with Gasteiger partial charge < -0.3 is 4.74 Å². The Morgan fingerprint density at radius 3 is 2.80 bits per heavy atom. The average Bonchev–Trinajstić information content (AvgIpc) is 3.01. The van der Waals surface area contributed by atoms with Gasteiger partial charge in [-0.1, -0.05) is 29.1 Å². The van der Waals surface area contributed by atoms with Gasteiger partial charge in [-0.15, -0.1) is 5.10 Å². The molecule has 2 aromatic heterocycles. The first-order chi connectivity index (χ1) is 12.1. The summed E-state index contributed by atoms with van der Waals surface area (Å²) in [7, 11) is 0. The molecule has 7 nitrogen and oxygen atoms in total. The van der Waals surface area contributed by atoms with E-state index < -0.39 is 5.25 Å². The zero-order valence-corrected chi connectivity index (χ0v) is 14.5. The minimum atomic E-state index is -0.416. The molecule has 0 bridgehead atoms. The molecule has 2 heterocycles. The van der Waals surface area contributed by atoms with E-state index in [1.54, 1.807) is 30.7 Å². The first-order valence-corrected chi connectivity index (χ1v) is 8.58. The summed E-state index contributed by atoms with van der Waals surface area (Å²) < 4.78 is 19.6. The molecule has 0 saturated heterocycles. The molecule has 0 saturated carbocycles. The number of nitrogens with zero attached hydrogens (tertiary/aromatic N) is 5. The fourth-order valence-electron chi connectivity index (χ4n) is 2.20. The van der Waals surface area contributed by atoms with E-state index in [9.17, 15) is 9.18 Å². The third-order valence-electron chi connectivity index (χ3n) is 3.42. The number of rotatable bonds is 6. The van der Waals surface area contributed by atoms with Crippen molar-refractivity contribution in [1.82, 2.24) is 25.0 Å². The maximum absolute atomic E-state index is 13.0. The maximum Gasteiger partial charge on any atom is 0.319 e. The average molecular weight is 361 g/mol. The van der Waals surface area contributed by atoms with Crippen LogP contribution in [0.4, 0.5) is 4.39 Å². The maximum atomic E-state index is 13.0. The predicted octanol–water partition coefficient (Wildman–Crippen LogP) is 2.45. The van der Waals surface area contributed by atoms with Gasteiger partial charge in [0.1, 0.15) is 22.4 Å². The summed E-state index contributed by atoms with van der Waals surface area (Å²) in [6.07, 6.45) is 1.41. The fourth-order valence-corrected chi connectivity index (χ4v) is 3.05.